The van der Waals surface area contributed by atoms with E-state index in [1.54, 1.807) is 6.07 Å². The van der Waals surface area contributed by atoms with Gasteiger partial charge in [-0.3, -0.25) is 0 Å². The molecule has 0 fully saturated rings. The number of carbonyl (C=O) groups is 1. The second kappa shape index (κ2) is 4.84. The van der Waals surface area contributed by atoms with E-state index in [-0.39, 0.29) is 5.75 Å². The summed E-state index contributed by atoms with van der Waals surface area (Å²) in [5.74, 6) is -1.01. The average Bonchev–Trinajstić information content (AvgIpc) is 2.26. The van der Waals surface area contributed by atoms with Crippen molar-refractivity contribution in [2.45, 2.75) is 0 Å². The SMILES string of the molecule is COc1cc(O)ccc1/C=C(\C#N)C(=O)O. The fraction of sp³-hybridized carbons (Fsp3) is 0.0909. The fourth-order valence-electron chi connectivity index (χ4n) is 1.12. The van der Waals surface area contributed by atoms with Crippen molar-refractivity contribution in [2.75, 3.05) is 7.11 Å². The van der Waals surface area contributed by atoms with Crippen LogP contribution < -0.4 is 4.74 Å². The Labute approximate surface area is 91.8 Å². The van der Waals surface area contributed by atoms with Gasteiger partial charge in [0.05, 0.1) is 7.11 Å². The lowest BCUT2D eigenvalue weighted by atomic mass is 10.1. The van der Waals surface area contributed by atoms with Crippen LogP contribution in [0.15, 0.2) is 23.8 Å². The van der Waals surface area contributed by atoms with E-state index < -0.39 is 11.5 Å². The Morgan fingerprint density at radius 1 is 1.56 bits per heavy atom. The number of methoxy groups -OCH3 is 1. The van der Waals surface area contributed by atoms with Crippen molar-refractivity contribution in [3.8, 4) is 17.6 Å². The largest absolute Gasteiger partial charge is 0.508 e. The normalized spacial score (nSPS) is 10.6. The van der Waals surface area contributed by atoms with Crippen LogP contribution >= 0.6 is 0 Å². The summed E-state index contributed by atoms with van der Waals surface area (Å²) < 4.78 is 4.94. The maximum absolute atomic E-state index is 10.6. The smallest absolute Gasteiger partial charge is 0.346 e. The van der Waals surface area contributed by atoms with Crippen molar-refractivity contribution in [3.05, 3.63) is 29.3 Å². The zero-order chi connectivity index (χ0) is 12.1. The number of carboxylic acid groups (broad SMARTS) is 1. The zero-order valence-electron chi connectivity index (χ0n) is 8.47. The van der Waals surface area contributed by atoms with E-state index in [4.69, 9.17) is 15.1 Å². The number of nitriles is 1. The highest BCUT2D eigenvalue weighted by Crippen LogP contribution is 2.25. The quantitative estimate of drug-likeness (QED) is 0.592. The van der Waals surface area contributed by atoms with Crippen LogP contribution in [0.5, 0.6) is 11.5 Å². The van der Waals surface area contributed by atoms with Crippen molar-refractivity contribution >= 4 is 12.0 Å². The van der Waals surface area contributed by atoms with Crippen LogP contribution in [0.3, 0.4) is 0 Å². The molecular weight excluding hydrogens is 210 g/mol. The molecule has 0 atom stereocenters. The van der Waals surface area contributed by atoms with Crippen molar-refractivity contribution in [2.24, 2.45) is 0 Å². The van der Waals surface area contributed by atoms with Gasteiger partial charge < -0.3 is 14.9 Å². The highest BCUT2D eigenvalue weighted by Gasteiger charge is 2.08. The Kier molecular flexibility index (Phi) is 3.51. The highest BCUT2D eigenvalue weighted by atomic mass is 16.5. The van der Waals surface area contributed by atoms with Gasteiger partial charge in [0.2, 0.25) is 0 Å². The lowest BCUT2D eigenvalue weighted by molar-refractivity contribution is -0.132. The van der Waals surface area contributed by atoms with E-state index in [1.165, 1.54) is 31.4 Å². The van der Waals surface area contributed by atoms with Crippen LogP contribution in [0, 0.1) is 11.3 Å². The topological polar surface area (TPSA) is 90.5 Å². The molecule has 82 valence electrons. The Balaban J connectivity index is 3.24. The number of carboxylic acids is 1. The number of aliphatic carboxylic acids is 1. The lowest BCUT2D eigenvalue weighted by Crippen LogP contribution is -1.98. The third-order valence-electron chi connectivity index (χ3n) is 1.87. The van der Waals surface area contributed by atoms with E-state index in [1.807, 2.05) is 0 Å². The molecule has 0 radical (unpaired) electrons. The van der Waals surface area contributed by atoms with Crippen LogP contribution in [-0.2, 0) is 4.79 Å². The molecule has 0 aliphatic rings. The van der Waals surface area contributed by atoms with Crippen molar-refractivity contribution in [3.63, 3.8) is 0 Å². The minimum absolute atomic E-state index is 0.00262. The number of ether oxygens (including phenoxy) is 1. The molecule has 0 spiro atoms. The van der Waals surface area contributed by atoms with Gasteiger partial charge in [0, 0.05) is 11.6 Å². The Hall–Kier alpha value is -2.48. The Bertz CT molecular complexity index is 485. The van der Waals surface area contributed by atoms with E-state index >= 15 is 0 Å². The molecule has 1 aromatic rings. The van der Waals surface area contributed by atoms with E-state index in [2.05, 4.69) is 0 Å². The molecule has 2 N–H and O–H groups in total. The summed E-state index contributed by atoms with van der Waals surface area (Å²) in [6, 6.07) is 5.74. The first kappa shape index (κ1) is 11.6. The van der Waals surface area contributed by atoms with Gasteiger partial charge in [-0.15, -0.1) is 0 Å². The molecule has 0 aromatic heterocycles. The maximum Gasteiger partial charge on any atom is 0.346 e. The highest BCUT2D eigenvalue weighted by molar-refractivity contribution is 5.96. The third-order valence-corrected chi connectivity index (χ3v) is 1.87. The molecule has 5 nitrogen and oxygen atoms in total. The number of nitrogens with zero attached hydrogens (tertiary/aromatic N) is 1. The number of phenols is 1. The standard InChI is InChI=1S/C11H9NO4/c1-16-10-5-9(13)3-2-7(10)4-8(6-12)11(14)15/h2-5,13H,1H3,(H,14,15)/b8-4+. The number of hydrogen-bond donors (Lipinski definition) is 2. The molecule has 0 aliphatic heterocycles. The van der Waals surface area contributed by atoms with Crippen molar-refractivity contribution in [1.82, 2.24) is 0 Å². The maximum atomic E-state index is 10.6. The average molecular weight is 219 g/mol. The summed E-state index contributed by atoms with van der Waals surface area (Å²) in [5, 5.41) is 26.4. The molecule has 16 heavy (non-hydrogen) atoms. The zero-order valence-corrected chi connectivity index (χ0v) is 8.47. The molecule has 1 aromatic carbocycles. The van der Waals surface area contributed by atoms with Gasteiger partial charge in [-0.05, 0) is 18.2 Å². The summed E-state index contributed by atoms with van der Waals surface area (Å²) in [6.07, 6.45) is 1.18. The predicted molar refractivity (Wildman–Crippen MR) is 55.9 cm³/mol. The fourth-order valence-corrected chi connectivity index (χ4v) is 1.12. The molecule has 0 saturated carbocycles. The molecule has 0 unspecified atom stereocenters. The number of rotatable bonds is 3. The second-order valence-corrected chi connectivity index (χ2v) is 2.90. The first-order valence-corrected chi connectivity index (χ1v) is 4.30. The van der Waals surface area contributed by atoms with Gasteiger partial charge >= 0.3 is 5.97 Å². The summed E-state index contributed by atoms with van der Waals surface area (Å²) in [5.41, 5.74) is 0.0169. The Morgan fingerprint density at radius 3 is 2.75 bits per heavy atom. The first-order valence-electron chi connectivity index (χ1n) is 4.30. The van der Waals surface area contributed by atoms with Crippen LogP contribution in [0.2, 0.25) is 0 Å². The molecular formula is C11H9NO4. The van der Waals surface area contributed by atoms with Crippen LogP contribution in [-0.4, -0.2) is 23.3 Å². The van der Waals surface area contributed by atoms with Gasteiger partial charge in [0.25, 0.3) is 0 Å². The van der Waals surface area contributed by atoms with Crippen LogP contribution in [0.25, 0.3) is 6.08 Å². The Morgan fingerprint density at radius 2 is 2.25 bits per heavy atom. The van der Waals surface area contributed by atoms with Gasteiger partial charge in [0.1, 0.15) is 23.1 Å². The molecule has 5 heteroatoms. The monoisotopic (exact) mass is 219 g/mol. The molecule has 0 amide bonds. The lowest BCUT2D eigenvalue weighted by Gasteiger charge is -2.04. The van der Waals surface area contributed by atoms with Gasteiger partial charge in [-0.25, -0.2) is 4.79 Å². The minimum atomic E-state index is -1.31. The number of benzene rings is 1. The number of hydrogen-bond acceptors (Lipinski definition) is 4. The third kappa shape index (κ3) is 2.51. The van der Waals surface area contributed by atoms with Gasteiger partial charge in [-0.2, -0.15) is 5.26 Å². The van der Waals surface area contributed by atoms with E-state index in [0.29, 0.717) is 11.3 Å². The van der Waals surface area contributed by atoms with Crippen LogP contribution in [0.4, 0.5) is 0 Å². The van der Waals surface area contributed by atoms with Gasteiger partial charge in [0.15, 0.2) is 0 Å². The van der Waals surface area contributed by atoms with E-state index in [0.717, 1.165) is 0 Å². The molecule has 0 bridgehead atoms. The molecule has 0 heterocycles. The van der Waals surface area contributed by atoms with Crippen LogP contribution in [0.1, 0.15) is 5.56 Å². The van der Waals surface area contributed by atoms with Crippen molar-refractivity contribution < 1.29 is 19.7 Å². The molecule has 0 aliphatic carbocycles. The second-order valence-electron chi connectivity index (χ2n) is 2.90. The number of phenolic OH excluding ortho intramolecular Hbond substituents is 1. The predicted octanol–water partition coefficient (Wildman–Crippen LogP) is 1.39. The van der Waals surface area contributed by atoms with Crippen molar-refractivity contribution in [1.29, 1.82) is 5.26 Å². The van der Waals surface area contributed by atoms with Gasteiger partial charge in [-0.1, -0.05) is 0 Å². The summed E-state index contributed by atoms with van der Waals surface area (Å²) in [7, 11) is 1.39. The summed E-state index contributed by atoms with van der Waals surface area (Å²) in [6.45, 7) is 0. The molecule has 0 saturated heterocycles. The molecule has 1 rings (SSSR count). The first-order chi connectivity index (χ1) is 7.58. The summed E-state index contributed by atoms with van der Waals surface area (Å²) in [4.78, 5) is 10.6. The number of aromatic hydroxyl groups is 1. The summed E-state index contributed by atoms with van der Waals surface area (Å²) >= 11 is 0. The minimum Gasteiger partial charge on any atom is -0.508 e. The van der Waals surface area contributed by atoms with E-state index in [9.17, 15) is 9.90 Å².